The predicted molar refractivity (Wildman–Crippen MR) is 85.6 cm³/mol. The molecule has 21 heavy (non-hydrogen) atoms. The molecule has 122 valence electrons. The molecule has 1 atom stereocenters. The highest BCUT2D eigenvalue weighted by Gasteiger charge is 2.33. The summed E-state index contributed by atoms with van der Waals surface area (Å²) in [5, 5.41) is 0. The molecule has 0 aliphatic heterocycles. The Morgan fingerprint density at radius 3 is 1.95 bits per heavy atom. The van der Waals surface area contributed by atoms with Crippen LogP contribution >= 0.6 is 0 Å². The van der Waals surface area contributed by atoms with Gasteiger partial charge >= 0.3 is 0 Å². The maximum Gasteiger partial charge on any atom is 0.180 e. The Hall–Kier alpha value is -0.860. The van der Waals surface area contributed by atoms with E-state index in [-0.39, 0.29) is 5.41 Å². The molecule has 1 aromatic heterocycles. The number of hydrogen-bond donors (Lipinski definition) is 0. The van der Waals surface area contributed by atoms with E-state index < -0.39 is 11.6 Å². The molecule has 0 saturated heterocycles. The minimum absolute atomic E-state index is 0.258. The van der Waals surface area contributed by atoms with Crippen LogP contribution < -0.4 is 0 Å². The molecule has 0 saturated carbocycles. The van der Waals surface area contributed by atoms with E-state index in [9.17, 15) is 8.78 Å². The lowest BCUT2D eigenvalue weighted by molar-refractivity contribution is 0.332. The fourth-order valence-corrected chi connectivity index (χ4v) is 3.32. The first-order valence-electron chi connectivity index (χ1n) is 8.47. The first-order chi connectivity index (χ1) is 9.96. The molecule has 0 spiro atoms. The van der Waals surface area contributed by atoms with Crippen LogP contribution in [-0.2, 0) is 12.5 Å². The summed E-state index contributed by atoms with van der Waals surface area (Å²) in [6.07, 6.45) is 11.2. The molecule has 0 N–H and O–H groups in total. The molecule has 0 bridgehead atoms. The smallest absolute Gasteiger partial charge is 0.180 e. The monoisotopic (exact) mass is 299 g/mol. The Balaban J connectivity index is 2.88. The van der Waals surface area contributed by atoms with Gasteiger partial charge in [0, 0.05) is 18.7 Å². The molecular formula is C18H31F2N. The van der Waals surface area contributed by atoms with Gasteiger partial charge in [0.15, 0.2) is 11.6 Å². The summed E-state index contributed by atoms with van der Waals surface area (Å²) in [6, 6.07) is 0. The average Bonchev–Trinajstić information content (AvgIpc) is 2.69. The molecule has 0 amide bonds. The average molecular weight is 299 g/mol. The lowest BCUT2D eigenvalue weighted by Gasteiger charge is -2.31. The number of aryl methyl sites for hydroxylation is 1. The second kappa shape index (κ2) is 8.55. The normalized spacial score (nSPS) is 14.4. The Morgan fingerprint density at radius 2 is 1.48 bits per heavy atom. The van der Waals surface area contributed by atoms with Gasteiger partial charge in [-0.15, -0.1) is 0 Å². The van der Waals surface area contributed by atoms with Crippen LogP contribution in [0.3, 0.4) is 0 Å². The van der Waals surface area contributed by atoms with Crippen LogP contribution in [0, 0.1) is 11.6 Å². The number of unbranched alkanes of at least 4 members (excludes halogenated alkanes) is 5. The molecule has 0 fully saturated rings. The molecule has 1 unspecified atom stereocenters. The quantitative estimate of drug-likeness (QED) is 0.459. The number of hydrogen-bond acceptors (Lipinski definition) is 0. The first kappa shape index (κ1) is 18.2. The Morgan fingerprint density at radius 1 is 0.952 bits per heavy atom. The number of aromatic nitrogens is 1. The molecule has 0 aliphatic rings. The molecule has 1 nitrogen and oxygen atoms in total. The minimum atomic E-state index is -0.720. The highest BCUT2D eigenvalue weighted by atomic mass is 19.2. The summed E-state index contributed by atoms with van der Waals surface area (Å²) in [7, 11) is 1.76. The van der Waals surface area contributed by atoms with Crippen molar-refractivity contribution in [3.05, 3.63) is 23.5 Å². The molecule has 1 heterocycles. The predicted octanol–water partition coefficient (Wildman–Crippen LogP) is 6.11. The molecule has 3 heteroatoms. The Bertz CT molecular complexity index is 425. The third-order valence-electron chi connectivity index (χ3n) is 4.56. The fraction of sp³-hybridized carbons (Fsp3) is 0.778. The number of halogens is 2. The van der Waals surface area contributed by atoms with Crippen LogP contribution in [0.15, 0.2) is 6.20 Å². The lowest BCUT2D eigenvalue weighted by atomic mass is 9.76. The van der Waals surface area contributed by atoms with Crippen LogP contribution in [0.5, 0.6) is 0 Å². The summed E-state index contributed by atoms with van der Waals surface area (Å²) in [6.45, 7) is 6.46. The zero-order chi connectivity index (χ0) is 15.9. The molecule has 0 radical (unpaired) electrons. The summed E-state index contributed by atoms with van der Waals surface area (Å²) in [5.74, 6) is -1.37. The van der Waals surface area contributed by atoms with Gasteiger partial charge in [0.25, 0.3) is 0 Å². The van der Waals surface area contributed by atoms with Crippen LogP contribution in [0.1, 0.15) is 84.3 Å². The van der Waals surface area contributed by atoms with E-state index >= 15 is 0 Å². The van der Waals surface area contributed by atoms with Gasteiger partial charge in [-0.2, -0.15) is 0 Å². The van der Waals surface area contributed by atoms with E-state index in [1.807, 2.05) is 0 Å². The van der Waals surface area contributed by atoms with Crippen LogP contribution in [0.25, 0.3) is 0 Å². The van der Waals surface area contributed by atoms with E-state index in [4.69, 9.17) is 0 Å². The van der Waals surface area contributed by atoms with Crippen molar-refractivity contribution >= 4 is 0 Å². The van der Waals surface area contributed by atoms with Crippen molar-refractivity contribution in [2.45, 2.75) is 84.0 Å². The van der Waals surface area contributed by atoms with Crippen molar-refractivity contribution in [3.8, 4) is 0 Å². The van der Waals surface area contributed by atoms with Gasteiger partial charge in [0.05, 0.1) is 5.69 Å². The van der Waals surface area contributed by atoms with Gasteiger partial charge in [0.1, 0.15) is 0 Å². The SMILES string of the molecule is CCCCCCC(C)(CCCCC)c1c(F)c(F)cn1C. The van der Waals surface area contributed by atoms with Crippen LogP contribution in [-0.4, -0.2) is 4.57 Å². The van der Waals surface area contributed by atoms with Gasteiger partial charge in [-0.3, -0.25) is 0 Å². The zero-order valence-corrected chi connectivity index (χ0v) is 14.1. The lowest BCUT2D eigenvalue weighted by Crippen LogP contribution is -2.26. The maximum atomic E-state index is 14.2. The van der Waals surface area contributed by atoms with Gasteiger partial charge in [-0.25, -0.2) is 8.78 Å². The van der Waals surface area contributed by atoms with E-state index in [1.54, 1.807) is 11.6 Å². The van der Waals surface area contributed by atoms with E-state index in [1.165, 1.54) is 25.5 Å². The molecule has 1 aromatic rings. The third-order valence-corrected chi connectivity index (χ3v) is 4.56. The van der Waals surface area contributed by atoms with Crippen molar-refractivity contribution in [1.29, 1.82) is 0 Å². The van der Waals surface area contributed by atoms with Crippen molar-refractivity contribution in [3.63, 3.8) is 0 Å². The van der Waals surface area contributed by atoms with Crippen molar-refractivity contribution in [2.24, 2.45) is 7.05 Å². The van der Waals surface area contributed by atoms with E-state index in [0.717, 1.165) is 38.5 Å². The standard InChI is InChI=1S/C18H31F2N/c1-5-7-9-11-13-18(3,12-10-8-6-2)17-16(20)15(19)14-21(17)4/h14H,5-13H2,1-4H3. The first-order valence-corrected chi connectivity index (χ1v) is 8.47. The number of rotatable bonds is 10. The molecule has 0 aliphatic carbocycles. The van der Waals surface area contributed by atoms with Crippen LogP contribution in [0.2, 0.25) is 0 Å². The topological polar surface area (TPSA) is 4.93 Å². The second-order valence-corrected chi connectivity index (χ2v) is 6.58. The van der Waals surface area contributed by atoms with Gasteiger partial charge in [0.2, 0.25) is 0 Å². The highest BCUT2D eigenvalue weighted by molar-refractivity contribution is 5.22. The van der Waals surface area contributed by atoms with E-state index in [0.29, 0.717) is 5.69 Å². The van der Waals surface area contributed by atoms with Crippen LogP contribution in [0.4, 0.5) is 8.78 Å². The minimum Gasteiger partial charge on any atom is -0.349 e. The van der Waals surface area contributed by atoms with Gasteiger partial charge < -0.3 is 4.57 Å². The number of nitrogens with zero attached hydrogens (tertiary/aromatic N) is 1. The third kappa shape index (κ3) is 4.82. The Kier molecular flexibility index (Phi) is 7.41. The summed E-state index contributed by atoms with van der Waals surface area (Å²) in [5.41, 5.74) is 0.291. The van der Waals surface area contributed by atoms with Crippen molar-refractivity contribution in [1.82, 2.24) is 4.57 Å². The molecule has 0 aromatic carbocycles. The van der Waals surface area contributed by atoms with Crippen molar-refractivity contribution < 1.29 is 8.78 Å². The largest absolute Gasteiger partial charge is 0.349 e. The van der Waals surface area contributed by atoms with E-state index in [2.05, 4.69) is 20.8 Å². The second-order valence-electron chi connectivity index (χ2n) is 6.58. The Labute approximate surface area is 128 Å². The summed E-state index contributed by atoms with van der Waals surface area (Å²) in [4.78, 5) is 0. The molecule has 1 rings (SSSR count). The fourth-order valence-electron chi connectivity index (χ4n) is 3.32. The molecular weight excluding hydrogens is 268 g/mol. The van der Waals surface area contributed by atoms with Gasteiger partial charge in [-0.05, 0) is 12.8 Å². The summed E-state index contributed by atoms with van der Waals surface area (Å²) >= 11 is 0. The summed E-state index contributed by atoms with van der Waals surface area (Å²) < 4.78 is 29.4. The van der Waals surface area contributed by atoms with Gasteiger partial charge in [-0.1, -0.05) is 65.7 Å². The van der Waals surface area contributed by atoms with Crippen molar-refractivity contribution in [2.75, 3.05) is 0 Å². The zero-order valence-electron chi connectivity index (χ0n) is 14.1. The maximum absolute atomic E-state index is 14.2. The highest BCUT2D eigenvalue weighted by Crippen LogP contribution is 2.37.